The second-order valence-electron chi connectivity index (χ2n) is 4.64. The zero-order chi connectivity index (χ0) is 12.5. The molecule has 0 saturated carbocycles. The number of nitrogens with two attached hydrogens (primary N) is 1. The first-order chi connectivity index (χ1) is 8.78. The van der Waals surface area contributed by atoms with Crippen LogP contribution in [-0.4, -0.2) is 12.3 Å². The molecule has 94 valence electrons. The highest BCUT2D eigenvalue weighted by Gasteiger charge is 2.17. The molecule has 0 amide bonds. The van der Waals surface area contributed by atoms with Crippen LogP contribution in [0, 0.1) is 0 Å². The summed E-state index contributed by atoms with van der Waals surface area (Å²) in [5.74, 6) is 1.16. The third-order valence-corrected chi connectivity index (χ3v) is 3.47. The Hall–Kier alpha value is -1.97. The van der Waals surface area contributed by atoms with Crippen LogP contribution < -0.4 is 10.5 Å². The molecule has 0 unspecified atom stereocenters. The fraction of sp³-hybridized carbons (Fsp3) is 0.357. The molecule has 0 radical (unpaired) electrons. The van der Waals surface area contributed by atoms with Gasteiger partial charge < -0.3 is 15.0 Å². The van der Waals surface area contributed by atoms with Crippen LogP contribution >= 0.6 is 0 Å². The minimum absolute atomic E-state index is 0.324. The first-order valence-corrected chi connectivity index (χ1v) is 6.20. The number of hydrogen-bond donors (Lipinski definition) is 1. The fourth-order valence-corrected chi connectivity index (χ4v) is 2.55. The minimum Gasteiger partial charge on any atom is -0.496 e. The second kappa shape index (κ2) is 4.37. The molecular weight excluding hydrogens is 228 g/mol. The summed E-state index contributed by atoms with van der Waals surface area (Å²) in [5.41, 5.74) is 10.0. The summed E-state index contributed by atoms with van der Waals surface area (Å²) < 4.78 is 10.4. The number of aromatic nitrogens is 1. The third-order valence-electron chi connectivity index (χ3n) is 3.47. The number of rotatable bonds is 2. The van der Waals surface area contributed by atoms with Crippen LogP contribution in [-0.2, 0) is 12.8 Å². The van der Waals surface area contributed by atoms with E-state index in [0.29, 0.717) is 5.88 Å². The van der Waals surface area contributed by atoms with Crippen LogP contribution in [0.4, 0.5) is 5.88 Å². The Morgan fingerprint density at radius 1 is 1.17 bits per heavy atom. The van der Waals surface area contributed by atoms with Gasteiger partial charge >= 0.3 is 0 Å². The van der Waals surface area contributed by atoms with Gasteiger partial charge in [-0.1, -0.05) is 5.16 Å². The average molecular weight is 244 g/mol. The van der Waals surface area contributed by atoms with Crippen molar-refractivity contribution in [2.45, 2.75) is 25.7 Å². The van der Waals surface area contributed by atoms with Crippen molar-refractivity contribution < 1.29 is 9.26 Å². The van der Waals surface area contributed by atoms with Gasteiger partial charge in [-0.15, -0.1) is 0 Å². The van der Waals surface area contributed by atoms with Gasteiger partial charge in [0.2, 0.25) is 5.88 Å². The van der Waals surface area contributed by atoms with E-state index < -0.39 is 0 Å². The number of aryl methyl sites for hydroxylation is 2. The summed E-state index contributed by atoms with van der Waals surface area (Å²) in [5, 5.41) is 3.96. The van der Waals surface area contributed by atoms with E-state index in [1.54, 1.807) is 13.2 Å². The average Bonchev–Trinajstić information content (AvgIpc) is 2.83. The van der Waals surface area contributed by atoms with Crippen LogP contribution in [0.3, 0.4) is 0 Å². The molecule has 1 aromatic carbocycles. The normalized spacial score (nSPS) is 14.3. The van der Waals surface area contributed by atoms with Gasteiger partial charge in [-0.2, -0.15) is 0 Å². The number of benzene rings is 1. The quantitative estimate of drug-likeness (QED) is 0.882. The maximum atomic E-state index is 5.58. The summed E-state index contributed by atoms with van der Waals surface area (Å²) >= 11 is 0. The second-order valence-corrected chi connectivity index (χ2v) is 4.64. The van der Waals surface area contributed by atoms with Gasteiger partial charge in [0.25, 0.3) is 0 Å². The van der Waals surface area contributed by atoms with E-state index in [1.807, 2.05) is 0 Å². The van der Waals surface area contributed by atoms with Crippen molar-refractivity contribution in [3.63, 3.8) is 0 Å². The molecule has 2 N–H and O–H groups in total. The summed E-state index contributed by atoms with van der Waals surface area (Å²) in [4.78, 5) is 0. The van der Waals surface area contributed by atoms with Gasteiger partial charge in [-0.25, -0.2) is 0 Å². The Balaban J connectivity index is 2.12. The largest absolute Gasteiger partial charge is 0.496 e. The molecule has 1 aliphatic rings. The molecule has 1 aromatic heterocycles. The number of anilines is 1. The molecule has 2 aromatic rings. The van der Waals surface area contributed by atoms with Crippen molar-refractivity contribution in [2.75, 3.05) is 12.8 Å². The SMILES string of the molecule is COc1cc2c(cc1-c1cc(N)on1)CCCC2. The van der Waals surface area contributed by atoms with E-state index in [1.165, 1.54) is 24.0 Å². The molecule has 18 heavy (non-hydrogen) atoms. The maximum Gasteiger partial charge on any atom is 0.222 e. The summed E-state index contributed by atoms with van der Waals surface area (Å²) in [6, 6.07) is 6.01. The lowest BCUT2D eigenvalue weighted by Crippen LogP contribution is -2.04. The fourth-order valence-electron chi connectivity index (χ4n) is 2.55. The highest BCUT2D eigenvalue weighted by molar-refractivity contribution is 5.70. The smallest absolute Gasteiger partial charge is 0.222 e. The Kier molecular flexibility index (Phi) is 2.70. The lowest BCUT2D eigenvalue weighted by molar-refractivity contribution is 0.413. The molecule has 4 heteroatoms. The van der Waals surface area contributed by atoms with Crippen molar-refractivity contribution in [3.8, 4) is 17.0 Å². The summed E-state index contributed by atoms with van der Waals surface area (Å²) in [6.45, 7) is 0. The topological polar surface area (TPSA) is 61.3 Å². The number of ether oxygens (including phenoxy) is 1. The molecule has 1 heterocycles. The zero-order valence-corrected chi connectivity index (χ0v) is 10.4. The lowest BCUT2D eigenvalue weighted by atomic mass is 9.89. The van der Waals surface area contributed by atoms with Crippen molar-refractivity contribution in [1.82, 2.24) is 5.16 Å². The van der Waals surface area contributed by atoms with Crippen LogP contribution in [0.25, 0.3) is 11.3 Å². The van der Waals surface area contributed by atoms with E-state index in [0.717, 1.165) is 29.8 Å². The van der Waals surface area contributed by atoms with Crippen LogP contribution in [0.2, 0.25) is 0 Å². The van der Waals surface area contributed by atoms with Crippen LogP contribution in [0.1, 0.15) is 24.0 Å². The van der Waals surface area contributed by atoms with Gasteiger partial charge in [0.15, 0.2) is 0 Å². The molecule has 3 rings (SSSR count). The number of fused-ring (bicyclic) bond motifs is 1. The Morgan fingerprint density at radius 2 is 1.89 bits per heavy atom. The summed E-state index contributed by atoms with van der Waals surface area (Å²) in [7, 11) is 1.68. The maximum absolute atomic E-state index is 5.58. The first kappa shape index (κ1) is 11.1. The molecule has 0 bridgehead atoms. The van der Waals surface area contributed by atoms with E-state index >= 15 is 0 Å². The molecule has 0 spiro atoms. The molecule has 4 nitrogen and oxygen atoms in total. The van der Waals surface area contributed by atoms with Crippen molar-refractivity contribution >= 4 is 5.88 Å². The minimum atomic E-state index is 0.324. The zero-order valence-electron chi connectivity index (χ0n) is 10.4. The third kappa shape index (κ3) is 1.83. The molecular formula is C14H16N2O2. The number of hydrogen-bond acceptors (Lipinski definition) is 4. The number of nitrogens with zero attached hydrogens (tertiary/aromatic N) is 1. The molecule has 0 aliphatic heterocycles. The standard InChI is InChI=1S/C14H16N2O2/c1-17-13-7-10-5-3-2-4-9(10)6-11(13)12-8-14(15)18-16-12/h6-8H,2-5,15H2,1H3. The molecule has 0 fully saturated rings. The van der Waals surface area contributed by atoms with E-state index in [9.17, 15) is 0 Å². The van der Waals surface area contributed by atoms with Crippen LogP contribution in [0.15, 0.2) is 22.7 Å². The van der Waals surface area contributed by atoms with E-state index in [2.05, 4.69) is 17.3 Å². The van der Waals surface area contributed by atoms with Gasteiger partial charge in [-0.3, -0.25) is 0 Å². The Labute approximate surface area is 106 Å². The van der Waals surface area contributed by atoms with Crippen molar-refractivity contribution in [3.05, 3.63) is 29.3 Å². The number of nitrogen functional groups attached to an aromatic ring is 1. The van der Waals surface area contributed by atoms with E-state index in [-0.39, 0.29) is 0 Å². The Bertz CT molecular complexity index is 575. The predicted molar refractivity (Wildman–Crippen MR) is 69.5 cm³/mol. The predicted octanol–water partition coefficient (Wildman–Crippen LogP) is 2.81. The monoisotopic (exact) mass is 244 g/mol. The lowest BCUT2D eigenvalue weighted by Gasteiger charge is -2.18. The molecule has 1 aliphatic carbocycles. The van der Waals surface area contributed by atoms with Gasteiger partial charge in [0.05, 0.1) is 7.11 Å². The van der Waals surface area contributed by atoms with E-state index in [4.69, 9.17) is 15.0 Å². The van der Waals surface area contributed by atoms with Crippen molar-refractivity contribution in [1.29, 1.82) is 0 Å². The van der Waals surface area contributed by atoms with Gasteiger partial charge in [0.1, 0.15) is 11.4 Å². The summed E-state index contributed by atoms with van der Waals surface area (Å²) in [6.07, 6.45) is 4.76. The van der Waals surface area contributed by atoms with Gasteiger partial charge in [0, 0.05) is 11.6 Å². The Morgan fingerprint density at radius 3 is 2.50 bits per heavy atom. The number of methoxy groups -OCH3 is 1. The van der Waals surface area contributed by atoms with Crippen molar-refractivity contribution in [2.24, 2.45) is 0 Å². The van der Waals surface area contributed by atoms with Crippen LogP contribution in [0.5, 0.6) is 5.75 Å². The highest BCUT2D eigenvalue weighted by Crippen LogP contribution is 2.35. The first-order valence-electron chi connectivity index (χ1n) is 6.20. The highest BCUT2D eigenvalue weighted by atomic mass is 16.5. The van der Waals surface area contributed by atoms with Gasteiger partial charge in [-0.05, 0) is 48.9 Å². The molecule has 0 atom stereocenters. The molecule has 0 saturated heterocycles.